The van der Waals surface area contributed by atoms with Gasteiger partial charge in [0, 0.05) is 30.9 Å². The zero-order chi connectivity index (χ0) is 12.1. The second kappa shape index (κ2) is 5.69. The summed E-state index contributed by atoms with van der Waals surface area (Å²) in [4.78, 5) is 11.1. The van der Waals surface area contributed by atoms with E-state index in [1.807, 2.05) is 12.3 Å². The Hall–Kier alpha value is -1.54. The molecule has 1 aromatic heterocycles. The molecular weight excluding hydrogens is 232 g/mol. The van der Waals surface area contributed by atoms with Crippen LogP contribution in [0.5, 0.6) is 0 Å². The zero-order valence-electron chi connectivity index (χ0n) is 9.76. The summed E-state index contributed by atoms with van der Waals surface area (Å²) in [6.07, 6.45) is 9.42. The smallest absolute Gasteiger partial charge is 0.189 e. The third kappa shape index (κ3) is 2.77. The van der Waals surface area contributed by atoms with Crippen LogP contribution < -0.4 is 4.90 Å². The number of rotatable bonds is 3. The molecule has 0 aromatic carbocycles. The molecule has 1 aromatic rings. The van der Waals surface area contributed by atoms with Gasteiger partial charge in [-0.2, -0.15) is 5.26 Å². The SMILES string of the molecule is CSc1ncc(C=CC#N)c(N2CCCC2)n1. The van der Waals surface area contributed by atoms with Crippen molar-refractivity contribution in [3.63, 3.8) is 0 Å². The van der Waals surface area contributed by atoms with Crippen molar-refractivity contribution >= 4 is 23.7 Å². The summed E-state index contributed by atoms with van der Waals surface area (Å²) in [6, 6.07) is 2.00. The van der Waals surface area contributed by atoms with Crippen molar-refractivity contribution in [1.82, 2.24) is 9.97 Å². The molecule has 0 atom stereocenters. The highest BCUT2D eigenvalue weighted by molar-refractivity contribution is 7.98. The average Bonchev–Trinajstić information content (AvgIpc) is 2.90. The van der Waals surface area contributed by atoms with Crippen LogP contribution in [0.1, 0.15) is 18.4 Å². The van der Waals surface area contributed by atoms with Crippen LogP contribution in [-0.4, -0.2) is 29.3 Å². The number of thioether (sulfide) groups is 1. The molecule has 4 nitrogen and oxygen atoms in total. The Balaban J connectivity index is 2.36. The van der Waals surface area contributed by atoms with Crippen molar-refractivity contribution in [2.45, 2.75) is 18.0 Å². The van der Waals surface area contributed by atoms with Gasteiger partial charge in [0.1, 0.15) is 5.82 Å². The highest BCUT2D eigenvalue weighted by Gasteiger charge is 2.17. The van der Waals surface area contributed by atoms with Gasteiger partial charge in [-0.3, -0.25) is 0 Å². The molecule has 1 fully saturated rings. The van der Waals surface area contributed by atoms with E-state index in [4.69, 9.17) is 5.26 Å². The van der Waals surface area contributed by atoms with Crippen molar-refractivity contribution in [1.29, 1.82) is 5.26 Å². The topological polar surface area (TPSA) is 52.8 Å². The molecule has 0 radical (unpaired) electrons. The number of hydrogen-bond donors (Lipinski definition) is 0. The molecule has 88 valence electrons. The van der Waals surface area contributed by atoms with Crippen molar-refractivity contribution in [2.24, 2.45) is 0 Å². The van der Waals surface area contributed by atoms with E-state index in [9.17, 15) is 0 Å². The summed E-state index contributed by atoms with van der Waals surface area (Å²) in [6.45, 7) is 2.08. The van der Waals surface area contributed by atoms with Crippen LogP contribution >= 0.6 is 11.8 Å². The van der Waals surface area contributed by atoms with Crippen LogP contribution in [0.3, 0.4) is 0 Å². The maximum absolute atomic E-state index is 8.59. The first kappa shape index (κ1) is 11.9. The Labute approximate surface area is 105 Å². The summed E-state index contributed by atoms with van der Waals surface area (Å²) in [5.74, 6) is 0.952. The van der Waals surface area contributed by atoms with Gasteiger partial charge in [-0.1, -0.05) is 11.8 Å². The van der Waals surface area contributed by atoms with E-state index in [-0.39, 0.29) is 0 Å². The number of nitriles is 1. The van der Waals surface area contributed by atoms with Gasteiger partial charge in [0.2, 0.25) is 0 Å². The van der Waals surface area contributed by atoms with Gasteiger partial charge in [0.25, 0.3) is 0 Å². The maximum atomic E-state index is 8.59. The summed E-state index contributed by atoms with van der Waals surface area (Å²) in [5, 5.41) is 9.37. The molecule has 1 aliphatic rings. The first-order valence-corrected chi connectivity index (χ1v) is 6.80. The summed E-state index contributed by atoms with van der Waals surface area (Å²) in [5.41, 5.74) is 0.922. The van der Waals surface area contributed by atoms with Crippen LogP contribution in [-0.2, 0) is 0 Å². The van der Waals surface area contributed by atoms with Crippen LogP contribution in [0.15, 0.2) is 17.4 Å². The molecule has 2 heterocycles. The first-order chi connectivity index (χ1) is 8.35. The van der Waals surface area contributed by atoms with Crippen molar-refractivity contribution in [3.05, 3.63) is 17.8 Å². The van der Waals surface area contributed by atoms with E-state index in [1.54, 1.807) is 12.3 Å². The summed E-state index contributed by atoms with van der Waals surface area (Å²) >= 11 is 1.54. The number of hydrogen-bond acceptors (Lipinski definition) is 5. The quantitative estimate of drug-likeness (QED) is 0.465. The number of nitrogens with zero attached hydrogens (tertiary/aromatic N) is 4. The van der Waals surface area contributed by atoms with Crippen LogP contribution in [0, 0.1) is 11.3 Å². The molecule has 0 saturated carbocycles. The van der Waals surface area contributed by atoms with Crippen LogP contribution in [0.25, 0.3) is 6.08 Å². The Kier molecular flexibility index (Phi) is 3.99. The lowest BCUT2D eigenvalue weighted by Gasteiger charge is -2.18. The molecule has 1 saturated heterocycles. The lowest BCUT2D eigenvalue weighted by molar-refractivity contribution is 0.875. The number of allylic oxidation sites excluding steroid dienone is 1. The van der Waals surface area contributed by atoms with Crippen LogP contribution in [0.4, 0.5) is 5.82 Å². The van der Waals surface area contributed by atoms with Gasteiger partial charge in [-0.05, 0) is 25.2 Å². The molecule has 0 N–H and O–H groups in total. The molecule has 17 heavy (non-hydrogen) atoms. The van der Waals surface area contributed by atoms with Gasteiger partial charge in [-0.15, -0.1) is 0 Å². The van der Waals surface area contributed by atoms with Gasteiger partial charge < -0.3 is 4.90 Å². The standard InChI is InChI=1S/C12H14N4S/c1-17-12-14-9-10(5-4-6-13)11(15-12)16-7-2-3-8-16/h4-5,9H,2-3,7-8H2,1H3. The molecule has 0 aliphatic carbocycles. The fraction of sp³-hybridized carbons (Fsp3) is 0.417. The normalized spacial score (nSPS) is 15.4. The second-order valence-corrected chi connectivity index (χ2v) is 4.57. The third-order valence-electron chi connectivity index (χ3n) is 2.70. The third-order valence-corrected chi connectivity index (χ3v) is 3.26. The highest BCUT2D eigenvalue weighted by Crippen LogP contribution is 2.25. The lowest BCUT2D eigenvalue weighted by Crippen LogP contribution is -2.20. The highest BCUT2D eigenvalue weighted by atomic mass is 32.2. The van der Waals surface area contributed by atoms with Gasteiger partial charge in [0.05, 0.1) is 6.07 Å². The number of anilines is 1. The van der Waals surface area contributed by atoms with E-state index >= 15 is 0 Å². The molecule has 0 spiro atoms. The Bertz CT molecular complexity index is 458. The second-order valence-electron chi connectivity index (χ2n) is 3.79. The maximum Gasteiger partial charge on any atom is 0.189 e. The van der Waals surface area contributed by atoms with Gasteiger partial charge in [-0.25, -0.2) is 9.97 Å². The summed E-state index contributed by atoms with van der Waals surface area (Å²) < 4.78 is 0. The minimum Gasteiger partial charge on any atom is -0.356 e. The predicted octanol–water partition coefficient (Wildman–Crippen LogP) is 2.34. The van der Waals surface area contributed by atoms with E-state index in [2.05, 4.69) is 14.9 Å². The molecule has 0 amide bonds. The van der Waals surface area contributed by atoms with Gasteiger partial charge in [0.15, 0.2) is 5.16 Å². The van der Waals surface area contributed by atoms with Gasteiger partial charge >= 0.3 is 0 Å². The molecule has 5 heteroatoms. The molecule has 0 unspecified atom stereocenters. The van der Waals surface area contributed by atoms with E-state index in [1.165, 1.54) is 30.7 Å². The van der Waals surface area contributed by atoms with Crippen molar-refractivity contribution < 1.29 is 0 Å². The minimum absolute atomic E-state index is 0.779. The molecular formula is C12H14N4S. The monoisotopic (exact) mass is 246 g/mol. The van der Waals surface area contributed by atoms with E-state index in [0.29, 0.717) is 0 Å². The fourth-order valence-corrected chi connectivity index (χ4v) is 2.23. The van der Waals surface area contributed by atoms with Crippen molar-refractivity contribution in [3.8, 4) is 6.07 Å². The van der Waals surface area contributed by atoms with Crippen molar-refractivity contribution in [2.75, 3.05) is 24.2 Å². The average molecular weight is 246 g/mol. The van der Waals surface area contributed by atoms with E-state index in [0.717, 1.165) is 29.6 Å². The minimum atomic E-state index is 0.779. The molecule has 2 rings (SSSR count). The van der Waals surface area contributed by atoms with Crippen LogP contribution in [0.2, 0.25) is 0 Å². The lowest BCUT2D eigenvalue weighted by atomic mass is 10.2. The first-order valence-electron chi connectivity index (χ1n) is 5.57. The summed E-state index contributed by atoms with van der Waals surface area (Å²) in [7, 11) is 0. The Morgan fingerprint density at radius 2 is 2.24 bits per heavy atom. The molecule has 0 bridgehead atoms. The largest absolute Gasteiger partial charge is 0.356 e. The predicted molar refractivity (Wildman–Crippen MR) is 69.9 cm³/mol. The molecule has 1 aliphatic heterocycles. The Morgan fingerprint density at radius 1 is 1.47 bits per heavy atom. The zero-order valence-corrected chi connectivity index (χ0v) is 10.6. The number of aromatic nitrogens is 2. The Morgan fingerprint density at radius 3 is 2.88 bits per heavy atom. The fourth-order valence-electron chi connectivity index (χ4n) is 1.89. The van der Waals surface area contributed by atoms with E-state index < -0.39 is 0 Å².